The number of amides is 1. The van der Waals surface area contributed by atoms with Crippen LogP contribution in [-0.2, 0) is 4.79 Å². The van der Waals surface area contributed by atoms with Crippen molar-refractivity contribution in [3.8, 4) is 5.75 Å². The lowest BCUT2D eigenvalue weighted by Crippen LogP contribution is -2.11. The van der Waals surface area contributed by atoms with E-state index >= 15 is 0 Å². The van der Waals surface area contributed by atoms with Crippen LogP contribution in [0.4, 0.5) is 5.69 Å². The van der Waals surface area contributed by atoms with Gasteiger partial charge in [-0.25, -0.2) is 4.79 Å². The van der Waals surface area contributed by atoms with E-state index in [1.54, 1.807) is 18.2 Å². The van der Waals surface area contributed by atoms with Crippen LogP contribution >= 0.6 is 34.8 Å². The molecular weight excluding hydrogens is 349 g/mol. The Bertz CT molecular complexity index is 724. The van der Waals surface area contributed by atoms with Crippen LogP contribution in [0.1, 0.15) is 17.3 Å². The third kappa shape index (κ3) is 4.13. The van der Waals surface area contributed by atoms with Gasteiger partial charge in [-0.15, -0.1) is 0 Å². The summed E-state index contributed by atoms with van der Waals surface area (Å²) in [5.41, 5.74) is 0.726. The third-order valence-electron chi connectivity index (χ3n) is 2.58. The van der Waals surface area contributed by atoms with E-state index in [9.17, 15) is 9.59 Å². The van der Waals surface area contributed by atoms with E-state index in [4.69, 9.17) is 39.5 Å². The first-order chi connectivity index (χ1) is 10.4. The quantitative estimate of drug-likeness (QED) is 0.632. The molecule has 7 heteroatoms. The van der Waals surface area contributed by atoms with Gasteiger partial charge in [0, 0.05) is 17.6 Å². The van der Waals surface area contributed by atoms with Gasteiger partial charge < -0.3 is 10.1 Å². The molecule has 22 heavy (non-hydrogen) atoms. The van der Waals surface area contributed by atoms with E-state index in [0.717, 1.165) is 0 Å². The van der Waals surface area contributed by atoms with Crippen LogP contribution in [0.25, 0.3) is 0 Å². The molecular formula is C15H10Cl3NO3. The van der Waals surface area contributed by atoms with Gasteiger partial charge in [-0.05, 0) is 30.3 Å². The Balaban J connectivity index is 2.25. The van der Waals surface area contributed by atoms with E-state index in [1.165, 1.54) is 25.1 Å². The number of anilines is 1. The Morgan fingerprint density at radius 3 is 2.27 bits per heavy atom. The van der Waals surface area contributed by atoms with E-state index < -0.39 is 5.97 Å². The number of rotatable bonds is 3. The summed E-state index contributed by atoms with van der Waals surface area (Å²) in [6.07, 6.45) is 0. The standard InChI is InChI=1S/C15H10Cl3NO3/c1-8(20)19-11-4-2-3-9(5-11)15(21)22-14-12(17)6-10(16)7-13(14)18/h2-7H,1H3,(H,19,20). The van der Waals surface area contributed by atoms with Crippen molar-refractivity contribution in [3.05, 3.63) is 57.0 Å². The van der Waals surface area contributed by atoms with E-state index in [-0.39, 0.29) is 27.3 Å². The maximum atomic E-state index is 12.2. The van der Waals surface area contributed by atoms with Crippen molar-refractivity contribution in [2.75, 3.05) is 5.32 Å². The summed E-state index contributed by atoms with van der Waals surface area (Å²) in [6.45, 7) is 1.37. The first-order valence-electron chi connectivity index (χ1n) is 6.11. The number of hydrogen-bond acceptors (Lipinski definition) is 3. The van der Waals surface area contributed by atoms with Gasteiger partial charge in [0.05, 0.1) is 15.6 Å². The molecule has 0 saturated carbocycles. The van der Waals surface area contributed by atoms with Crippen LogP contribution in [0.15, 0.2) is 36.4 Å². The Morgan fingerprint density at radius 2 is 1.68 bits per heavy atom. The number of carbonyl (C=O) groups excluding carboxylic acids is 2. The Hall–Kier alpha value is -1.75. The minimum Gasteiger partial charge on any atom is -0.420 e. The third-order valence-corrected chi connectivity index (χ3v) is 3.36. The van der Waals surface area contributed by atoms with Gasteiger partial charge in [0.1, 0.15) is 0 Å². The maximum Gasteiger partial charge on any atom is 0.343 e. The topological polar surface area (TPSA) is 55.4 Å². The average Bonchev–Trinajstić information content (AvgIpc) is 2.42. The SMILES string of the molecule is CC(=O)Nc1cccc(C(=O)Oc2c(Cl)cc(Cl)cc2Cl)c1. The summed E-state index contributed by atoms with van der Waals surface area (Å²) in [5, 5.41) is 3.17. The lowest BCUT2D eigenvalue weighted by atomic mass is 10.2. The first kappa shape index (κ1) is 16.6. The largest absolute Gasteiger partial charge is 0.420 e. The van der Waals surface area contributed by atoms with Crippen molar-refractivity contribution >= 4 is 52.4 Å². The molecule has 0 bridgehead atoms. The molecule has 0 heterocycles. The molecule has 1 N–H and O–H groups in total. The normalized spacial score (nSPS) is 10.2. The van der Waals surface area contributed by atoms with Gasteiger partial charge >= 0.3 is 5.97 Å². The zero-order valence-electron chi connectivity index (χ0n) is 11.3. The fraction of sp³-hybridized carbons (Fsp3) is 0.0667. The maximum absolute atomic E-state index is 12.2. The lowest BCUT2D eigenvalue weighted by molar-refractivity contribution is -0.114. The van der Waals surface area contributed by atoms with E-state index in [1.807, 2.05) is 0 Å². The highest BCUT2D eigenvalue weighted by Crippen LogP contribution is 2.36. The van der Waals surface area contributed by atoms with Crippen LogP contribution in [0.3, 0.4) is 0 Å². The summed E-state index contributed by atoms with van der Waals surface area (Å²) in [6, 6.07) is 9.15. The van der Waals surface area contributed by atoms with Gasteiger partial charge in [-0.1, -0.05) is 40.9 Å². The minimum atomic E-state index is -0.654. The van der Waals surface area contributed by atoms with Crippen LogP contribution < -0.4 is 10.1 Å². The smallest absolute Gasteiger partial charge is 0.343 e. The molecule has 2 aromatic carbocycles. The van der Waals surface area contributed by atoms with Gasteiger partial charge in [0.2, 0.25) is 5.91 Å². The number of hydrogen-bond donors (Lipinski definition) is 1. The van der Waals surface area contributed by atoms with Crippen molar-refractivity contribution in [2.45, 2.75) is 6.92 Å². The summed E-state index contributed by atoms with van der Waals surface area (Å²) < 4.78 is 5.20. The highest BCUT2D eigenvalue weighted by atomic mass is 35.5. The molecule has 0 radical (unpaired) electrons. The fourth-order valence-corrected chi connectivity index (χ4v) is 2.60. The zero-order valence-corrected chi connectivity index (χ0v) is 13.6. The molecule has 0 saturated heterocycles. The molecule has 0 unspecified atom stereocenters. The second kappa shape index (κ2) is 7.01. The molecule has 0 aliphatic heterocycles. The van der Waals surface area contributed by atoms with Gasteiger partial charge in [0.25, 0.3) is 0 Å². The van der Waals surface area contributed by atoms with Crippen LogP contribution in [0, 0.1) is 0 Å². The Morgan fingerprint density at radius 1 is 1.05 bits per heavy atom. The summed E-state index contributed by atoms with van der Waals surface area (Å²) in [5.74, 6) is -0.865. The predicted octanol–water partition coefficient (Wildman–Crippen LogP) is 4.82. The fourth-order valence-electron chi connectivity index (χ4n) is 1.71. The van der Waals surface area contributed by atoms with Crippen LogP contribution in [0.2, 0.25) is 15.1 Å². The summed E-state index contributed by atoms with van der Waals surface area (Å²) >= 11 is 17.7. The van der Waals surface area contributed by atoms with Gasteiger partial charge in [-0.2, -0.15) is 0 Å². The number of nitrogens with one attached hydrogen (secondary N) is 1. The van der Waals surface area contributed by atoms with Crippen molar-refractivity contribution in [1.29, 1.82) is 0 Å². The summed E-state index contributed by atoms with van der Waals surface area (Å²) in [4.78, 5) is 23.2. The average molecular weight is 359 g/mol. The predicted molar refractivity (Wildman–Crippen MR) is 87.2 cm³/mol. The Kier molecular flexibility index (Phi) is 5.29. The van der Waals surface area contributed by atoms with Crippen molar-refractivity contribution < 1.29 is 14.3 Å². The summed E-state index contributed by atoms with van der Waals surface area (Å²) in [7, 11) is 0. The van der Waals surface area contributed by atoms with Crippen molar-refractivity contribution in [2.24, 2.45) is 0 Å². The molecule has 0 aliphatic carbocycles. The number of ether oxygens (including phenoxy) is 1. The van der Waals surface area contributed by atoms with Gasteiger partial charge in [-0.3, -0.25) is 4.79 Å². The molecule has 1 amide bonds. The molecule has 2 rings (SSSR count). The monoisotopic (exact) mass is 357 g/mol. The van der Waals surface area contributed by atoms with Crippen molar-refractivity contribution in [3.63, 3.8) is 0 Å². The van der Waals surface area contributed by atoms with Crippen LogP contribution in [0.5, 0.6) is 5.75 Å². The second-order valence-electron chi connectivity index (χ2n) is 4.35. The zero-order chi connectivity index (χ0) is 16.3. The number of carbonyl (C=O) groups is 2. The molecule has 2 aromatic rings. The molecule has 114 valence electrons. The van der Waals surface area contributed by atoms with E-state index in [0.29, 0.717) is 10.7 Å². The van der Waals surface area contributed by atoms with Gasteiger partial charge in [0.15, 0.2) is 5.75 Å². The molecule has 4 nitrogen and oxygen atoms in total. The van der Waals surface area contributed by atoms with Crippen LogP contribution in [-0.4, -0.2) is 11.9 Å². The Labute approximate surface area is 141 Å². The van der Waals surface area contributed by atoms with Crippen molar-refractivity contribution in [1.82, 2.24) is 0 Å². The highest BCUT2D eigenvalue weighted by molar-refractivity contribution is 6.40. The minimum absolute atomic E-state index is 0.0302. The number of benzene rings is 2. The molecule has 0 fully saturated rings. The highest BCUT2D eigenvalue weighted by Gasteiger charge is 2.15. The molecule has 0 aromatic heterocycles. The number of halogens is 3. The lowest BCUT2D eigenvalue weighted by Gasteiger charge is -2.09. The second-order valence-corrected chi connectivity index (χ2v) is 5.60. The first-order valence-corrected chi connectivity index (χ1v) is 7.24. The van der Waals surface area contributed by atoms with E-state index in [2.05, 4.69) is 5.32 Å². The molecule has 0 spiro atoms. The number of esters is 1. The molecule has 0 aliphatic rings. The molecule has 0 atom stereocenters.